The van der Waals surface area contributed by atoms with Crippen molar-refractivity contribution in [3.05, 3.63) is 47.0 Å². The summed E-state index contributed by atoms with van der Waals surface area (Å²) < 4.78 is 0. The van der Waals surface area contributed by atoms with Crippen molar-refractivity contribution in [3.63, 3.8) is 0 Å². The summed E-state index contributed by atoms with van der Waals surface area (Å²) in [6, 6.07) is 3.92. The molecule has 3 heterocycles. The molecule has 0 saturated carbocycles. The molecule has 0 radical (unpaired) electrons. The van der Waals surface area contributed by atoms with Crippen LogP contribution in [0.4, 0.5) is 0 Å². The molecule has 1 aliphatic carbocycles. The van der Waals surface area contributed by atoms with Gasteiger partial charge in [-0.3, -0.25) is 14.9 Å². The predicted molar refractivity (Wildman–Crippen MR) is 88.6 cm³/mol. The van der Waals surface area contributed by atoms with Gasteiger partial charge in [-0.1, -0.05) is 0 Å². The summed E-state index contributed by atoms with van der Waals surface area (Å²) >= 11 is 0. The van der Waals surface area contributed by atoms with Gasteiger partial charge in [-0.05, 0) is 49.8 Å². The van der Waals surface area contributed by atoms with Gasteiger partial charge in [0.25, 0.3) is 5.91 Å². The van der Waals surface area contributed by atoms with Crippen LogP contribution in [0.2, 0.25) is 0 Å². The van der Waals surface area contributed by atoms with E-state index in [1.165, 1.54) is 0 Å². The number of nitrogens with one attached hydrogen (secondary N) is 1. The Labute approximate surface area is 140 Å². The van der Waals surface area contributed by atoms with E-state index in [0.29, 0.717) is 18.8 Å². The first-order valence-electron chi connectivity index (χ1n) is 8.64. The molecule has 1 saturated heterocycles. The second-order valence-corrected chi connectivity index (χ2v) is 6.83. The van der Waals surface area contributed by atoms with Crippen LogP contribution < -0.4 is 0 Å². The van der Waals surface area contributed by atoms with Gasteiger partial charge in [-0.15, -0.1) is 0 Å². The molecule has 0 aromatic carbocycles. The van der Waals surface area contributed by atoms with Gasteiger partial charge in [0.15, 0.2) is 5.69 Å². The van der Waals surface area contributed by atoms with Crippen LogP contribution in [0.3, 0.4) is 0 Å². The highest BCUT2D eigenvalue weighted by Gasteiger charge is 2.36. The van der Waals surface area contributed by atoms with E-state index in [1.807, 2.05) is 12.1 Å². The van der Waals surface area contributed by atoms with Crippen molar-refractivity contribution < 1.29 is 9.90 Å². The molecule has 24 heavy (non-hydrogen) atoms. The van der Waals surface area contributed by atoms with E-state index in [1.54, 1.807) is 17.3 Å². The Balaban J connectivity index is 1.47. The standard InChI is InChI=1S/C18H22N4O2/c23-16-11-22(10-13(16)9-12-5-7-19-8-6-12)18(24)17-14-3-1-2-4-15(14)20-21-17/h5-8,13,16,23H,1-4,9-11H2,(H,20,21)/t13-,16+/m1/s1. The number of aromatic amines is 1. The highest BCUT2D eigenvalue weighted by Crippen LogP contribution is 2.26. The Morgan fingerprint density at radius 2 is 2.04 bits per heavy atom. The Morgan fingerprint density at radius 3 is 2.88 bits per heavy atom. The van der Waals surface area contributed by atoms with E-state index in [4.69, 9.17) is 0 Å². The lowest BCUT2D eigenvalue weighted by Crippen LogP contribution is -2.30. The third-order valence-electron chi connectivity index (χ3n) is 5.20. The highest BCUT2D eigenvalue weighted by atomic mass is 16.3. The monoisotopic (exact) mass is 326 g/mol. The van der Waals surface area contributed by atoms with Crippen molar-refractivity contribution in [1.82, 2.24) is 20.1 Å². The van der Waals surface area contributed by atoms with Crippen molar-refractivity contribution >= 4 is 5.91 Å². The molecule has 126 valence electrons. The molecule has 0 bridgehead atoms. The molecule has 4 rings (SSSR count). The largest absolute Gasteiger partial charge is 0.391 e. The van der Waals surface area contributed by atoms with Gasteiger partial charge < -0.3 is 10.0 Å². The fourth-order valence-corrected chi connectivity index (χ4v) is 3.85. The van der Waals surface area contributed by atoms with Crippen LogP contribution in [0, 0.1) is 5.92 Å². The normalized spacial score (nSPS) is 23.3. The maximum absolute atomic E-state index is 12.8. The summed E-state index contributed by atoms with van der Waals surface area (Å²) in [4.78, 5) is 18.6. The molecular weight excluding hydrogens is 304 g/mol. The first-order valence-corrected chi connectivity index (χ1v) is 8.64. The van der Waals surface area contributed by atoms with Gasteiger partial charge in [0.05, 0.1) is 6.10 Å². The van der Waals surface area contributed by atoms with E-state index >= 15 is 0 Å². The number of hydrogen-bond donors (Lipinski definition) is 2. The van der Waals surface area contributed by atoms with Gasteiger partial charge in [0, 0.05) is 42.7 Å². The molecule has 1 amide bonds. The van der Waals surface area contributed by atoms with E-state index in [-0.39, 0.29) is 11.8 Å². The first-order chi connectivity index (χ1) is 11.7. The summed E-state index contributed by atoms with van der Waals surface area (Å²) in [6.07, 6.45) is 7.94. The van der Waals surface area contributed by atoms with Crippen molar-refractivity contribution in [2.24, 2.45) is 5.92 Å². The third-order valence-corrected chi connectivity index (χ3v) is 5.20. The van der Waals surface area contributed by atoms with Crippen LogP contribution >= 0.6 is 0 Å². The third kappa shape index (κ3) is 2.82. The maximum Gasteiger partial charge on any atom is 0.274 e. The van der Waals surface area contributed by atoms with E-state index < -0.39 is 6.10 Å². The van der Waals surface area contributed by atoms with Crippen molar-refractivity contribution in [3.8, 4) is 0 Å². The smallest absolute Gasteiger partial charge is 0.274 e. The zero-order valence-corrected chi connectivity index (χ0v) is 13.6. The summed E-state index contributed by atoms with van der Waals surface area (Å²) in [5, 5.41) is 17.7. The number of β-amino-alcohol motifs (C(OH)–C–C–N with tert-alkyl or cyclic N) is 1. The topological polar surface area (TPSA) is 82.1 Å². The Morgan fingerprint density at radius 1 is 1.25 bits per heavy atom. The molecule has 2 atom stereocenters. The lowest BCUT2D eigenvalue weighted by atomic mass is 9.95. The number of aromatic nitrogens is 3. The minimum atomic E-state index is -0.489. The van der Waals surface area contributed by atoms with Crippen LogP contribution in [0.5, 0.6) is 0 Å². The Bertz CT molecular complexity index is 728. The SMILES string of the molecule is O=C(c1n[nH]c2c1CCCC2)N1C[C@@H](Cc2ccncc2)[C@@H](O)C1. The number of hydrogen-bond acceptors (Lipinski definition) is 4. The number of aliphatic hydroxyl groups excluding tert-OH is 1. The second-order valence-electron chi connectivity index (χ2n) is 6.83. The summed E-state index contributed by atoms with van der Waals surface area (Å²) in [7, 11) is 0. The van der Waals surface area contributed by atoms with Crippen LogP contribution in [-0.4, -0.2) is 50.3 Å². The van der Waals surface area contributed by atoms with Crippen molar-refractivity contribution in [1.29, 1.82) is 0 Å². The number of aliphatic hydroxyl groups is 1. The molecule has 2 aromatic heterocycles. The molecular formula is C18H22N4O2. The van der Waals surface area contributed by atoms with Gasteiger partial charge in [0.2, 0.25) is 0 Å². The molecule has 0 unspecified atom stereocenters. The minimum Gasteiger partial charge on any atom is -0.391 e. The minimum absolute atomic E-state index is 0.0503. The van der Waals surface area contributed by atoms with Crippen LogP contribution in [0.25, 0.3) is 0 Å². The number of rotatable bonds is 3. The molecule has 2 aliphatic rings. The lowest BCUT2D eigenvalue weighted by molar-refractivity contribution is 0.0757. The number of carbonyl (C=O) groups excluding carboxylic acids is 1. The Hall–Kier alpha value is -2.21. The summed E-state index contributed by atoms with van der Waals surface area (Å²) in [6.45, 7) is 0.959. The number of amides is 1. The predicted octanol–water partition coefficient (Wildman–Crippen LogP) is 1.36. The van der Waals surface area contributed by atoms with Gasteiger partial charge in [-0.25, -0.2) is 0 Å². The lowest BCUT2D eigenvalue weighted by Gasteiger charge is -2.17. The number of pyridine rings is 1. The second kappa shape index (κ2) is 6.36. The number of nitrogens with zero attached hydrogens (tertiary/aromatic N) is 3. The van der Waals surface area contributed by atoms with Crippen LogP contribution in [0.1, 0.15) is 40.2 Å². The average Bonchev–Trinajstić information content (AvgIpc) is 3.19. The first kappa shape index (κ1) is 15.3. The van der Waals surface area contributed by atoms with Crippen LogP contribution in [-0.2, 0) is 19.3 Å². The van der Waals surface area contributed by atoms with E-state index in [2.05, 4.69) is 15.2 Å². The molecule has 6 nitrogen and oxygen atoms in total. The number of carbonyl (C=O) groups is 1. The van der Waals surface area contributed by atoms with E-state index in [9.17, 15) is 9.90 Å². The number of aryl methyl sites for hydroxylation is 1. The van der Waals surface area contributed by atoms with Gasteiger partial charge in [0.1, 0.15) is 0 Å². The highest BCUT2D eigenvalue weighted by molar-refractivity contribution is 5.94. The van der Waals surface area contributed by atoms with Gasteiger partial charge >= 0.3 is 0 Å². The molecule has 6 heteroatoms. The zero-order chi connectivity index (χ0) is 16.5. The average molecular weight is 326 g/mol. The van der Waals surface area contributed by atoms with Crippen molar-refractivity contribution in [2.75, 3.05) is 13.1 Å². The van der Waals surface area contributed by atoms with E-state index in [0.717, 1.165) is 48.9 Å². The van der Waals surface area contributed by atoms with Crippen LogP contribution in [0.15, 0.2) is 24.5 Å². The maximum atomic E-state index is 12.8. The molecule has 2 aromatic rings. The fraction of sp³-hybridized carbons (Fsp3) is 0.500. The molecule has 2 N–H and O–H groups in total. The summed E-state index contributed by atoms with van der Waals surface area (Å²) in [5.74, 6) is 0.0109. The molecule has 0 spiro atoms. The van der Waals surface area contributed by atoms with Crippen molar-refractivity contribution in [2.45, 2.75) is 38.2 Å². The number of fused-ring (bicyclic) bond motifs is 1. The molecule has 1 aliphatic heterocycles. The number of likely N-dealkylation sites (tertiary alicyclic amines) is 1. The van der Waals surface area contributed by atoms with Gasteiger partial charge in [-0.2, -0.15) is 5.10 Å². The fourth-order valence-electron chi connectivity index (χ4n) is 3.85. The molecule has 1 fully saturated rings. The Kier molecular flexibility index (Phi) is 4.06. The zero-order valence-electron chi connectivity index (χ0n) is 13.6. The quantitative estimate of drug-likeness (QED) is 0.892. The number of H-pyrrole nitrogens is 1. The summed E-state index contributed by atoms with van der Waals surface area (Å²) in [5.41, 5.74) is 3.89.